The predicted molar refractivity (Wildman–Crippen MR) is 112 cm³/mol. The smallest absolute Gasteiger partial charge is 0.339 e. The average molecular weight is 400 g/mol. The molecule has 1 aromatic heterocycles. The first-order chi connectivity index (χ1) is 14.6. The summed E-state index contributed by atoms with van der Waals surface area (Å²) in [6.45, 7) is -0.465. The van der Waals surface area contributed by atoms with E-state index in [9.17, 15) is 14.0 Å². The fourth-order valence-electron chi connectivity index (χ4n) is 3.04. The number of ether oxygens (including phenoxy) is 1. The summed E-state index contributed by atoms with van der Waals surface area (Å²) in [7, 11) is 0. The van der Waals surface area contributed by atoms with Gasteiger partial charge in [-0.1, -0.05) is 48.5 Å². The second-order valence-electron chi connectivity index (χ2n) is 6.57. The van der Waals surface area contributed by atoms with E-state index in [1.165, 1.54) is 24.3 Å². The molecule has 0 atom stereocenters. The summed E-state index contributed by atoms with van der Waals surface area (Å²) in [6.07, 6.45) is 0. The van der Waals surface area contributed by atoms with E-state index in [2.05, 4.69) is 10.3 Å². The standard InChI is InChI=1S/C24H17FN2O3/c25-17-10-12-18(13-11-17)26-23(28)15-30-24(29)20-14-22(16-6-2-1-3-7-16)27-21-9-5-4-8-19(20)21/h1-14H,15H2,(H,26,28). The molecule has 0 saturated carbocycles. The molecule has 1 heterocycles. The quantitative estimate of drug-likeness (QED) is 0.487. The van der Waals surface area contributed by atoms with Gasteiger partial charge in [0.1, 0.15) is 5.82 Å². The van der Waals surface area contributed by atoms with Crippen molar-refractivity contribution in [2.75, 3.05) is 11.9 Å². The maximum atomic E-state index is 13.0. The molecule has 0 aliphatic rings. The zero-order valence-electron chi connectivity index (χ0n) is 15.8. The van der Waals surface area contributed by atoms with Crippen LogP contribution in [0.25, 0.3) is 22.2 Å². The number of fused-ring (bicyclic) bond motifs is 1. The Kier molecular flexibility index (Phi) is 5.48. The molecule has 30 heavy (non-hydrogen) atoms. The number of benzene rings is 3. The van der Waals surface area contributed by atoms with Gasteiger partial charge < -0.3 is 10.1 Å². The van der Waals surface area contributed by atoms with Crippen LogP contribution >= 0.6 is 0 Å². The van der Waals surface area contributed by atoms with E-state index in [1.54, 1.807) is 12.1 Å². The number of carbonyl (C=O) groups is 2. The molecule has 0 bridgehead atoms. The van der Waals surface area contributed by atoms with Crippen LogP contribution in [0.2, 0.25) is 0 Å². The molecule has 0 aliphatic heterocycles. The average Bonchev–Trinajstić information content (AvgIpc) is 2.79. The van der Waals surface area contributed by atoms with Gasteiger partial charge in [0, 0.05) is 16.6 Å². The van der Waals surface area contributed by atoms with Crippen molar-refractivity contribution in [3.63, 3.8) is 0 Å². The first-order valence-corrected chi connectivity index (χ1v) is 9.28. The van der Waals surface area contributed by atoms with Crippen LogP contribution in [-0.2, 0) is 9.53 Å². The van der Waals surface area contributed by atoms with Crippen molar-refractivity contribution in [1.29, 1.82) is 0 Å². The van der Waals surface area contributed by atoms with Gasteiger partial charge in [0.15, 0.2) is 6.61 Å². The highest BCUT2D eigenvalue weighted by Crippen LogP contribution is 2.25. The lowest BCUT2D eigenvalue weighted by Crippen LogP contribution is -2.21. The number of aromatic nitrogens is 1. The van der Waals surface area contributed by atoms with Crippen molar-refractivity contribution in [1.82, 2.24) is 4.98 Å². The van der Waals surface area contributed by atoms with Crippen LogP contribution < -0.4 is 5.32 Å². The van der Waals surface area contributed by atoms with Gasteiger partial charge in [0.2, 0.25) is 0 Å². The number of halogens is 1. The molecule has 0 spiro atoms. The highest BCUT2D eigenvalue weighted by atomic mass is 19.1. The summed E-state index contributed by atoms with van der Waals surface area (Å²) >= 11 is 0. The SMILES string of the molecule is O=C(COC(=O)c1cc(-c2ccccc2)nc2ccccc12)Nc1ccc(F)cc1. The molecule has 1 amide bonds. The van der Waals surface area contributed by atoms with Gasteiger partial charge >= 0.3 is 5.97 Å². The van der Waals surface area contributed by atoms with Crippen molar-refractivity contribution in [3.05, 3.63) is 96.3 Å². The van der Waals surface area contributed by atoms with E-state index in [0.717, 1.165) is 5.56 Å². The normalized spacial score (nSPS) is 10.6. The number of anilines is 1. The molecule has 4 aromatic rings. The summed E-state index contributed by atoms with van der Waals surface area (Å²) in [6, 6.07) is 23.7. The second kappa shape index (κ2) is 8.53. The molecule has 3 aromatic carbocycles. The molecule has 0 saturated heterocycles. The Labute approximate surface area is 172 Å². The number of hydrogen-bond donors (Lipinski definition) is 1. The predicted octanol–water partition coefficient (Wildman–Crippen LogP) is 4.84. The monoisotopic (exact) mass is 400 g/mol. The number of nitrogens with one attached hydrogen (secondary N) is 1. The van der Waals surface area contributed by atoms with Crippen LogP contribution in [0.15, 0.2) is 84.9 Å². The third-order valence-corrected chi connectivity index (χ3v) is 4.47. The number of hydrogen-bond acceptors (Lipinski definition) is 4. The first-order valence-electron chi connectivity index (χ1n) is 9.28. The Morgan fingerprint density at radius 3 is 2.37 bits per heavy atom. The van der Waals surface area contributed by atoms with Crippen LogP contribution in [0.3, 0.4) is 0 Å². The van der Waals surface area contributed by atoms with Crippen LogP contribution in [-0.4, -0.2) is 23.5 Å². The van der Waals surface area contributed by atoms with E-state index in [0.29, 0.717) is 27.8 Å². The summed E-state index contributed by atoms with van der Waals surface area (Å²) in [5, 5.41) is 3.20. The van der Waals surface area contributed by atoms with E-state index < -0.39 is 24.3 Å². The molecule has 6 heteroatoms. The van der Waals surface area contributed by atoms with Crippen LogP contribution in [0.5, 0.6) is 0 Å². The van der Waals surface area contributed by atoms with Crippen LogP contribution in [0.1, 0.15) is 10.4 Å². The Morgan fingerprint density at radius 1 is 0.900 bits per heavy atom. The van der Waals surface area contributed by atoms with Gasteiger partial charge in [-0.25, -0.2) is 14.2 Å². The number of esters is 1. The van der Waals surface area contributed by atoms with Gasteiger partial charge in [-0.3, -0.25) is 4.79 Å². The molecule has 1 N–H and O–H groups in total. The molecule has 0 radical (unpaired) electrons. The van der Waals surface area contributed by atoms with Crippen molar-refractivity contribution in [3.8, 4) is 11.3 Å². The molecule has 148 valence electrons. The van der Waals surface area contributed by atoms with Crippen molar-refractivity contribution >= 4 is 28.5 Å². The first kappa shape index (κ1) is 19.3. The molecule has 0 fully saturated rings. The number of carbonyl (C=O) groups excluding carboxylic acids is 2. The zero-order chi connectivity index (χ0) is 20.9. The van der Waals surface area contributed by atoms with E-state index in [4.69, 9.17) is 4.74 Å². The molecule has 4 rings (SSSR count). The minimum absolute atomic E-state index is 0.328. The van der Waals surface area contributed by atoms with Gasteiger partial charge in [-0.2, -0.15) is 0 Å². The lowest BCUT2D eigenvalue weighted by molar-refractivity contribution is -0.119. The lowest BCUT2D eigenvalue weighted by atomic mass is 10.0. The topological polar surface area (TPSA) is 68.3 Å². The zero-order valence-corrected chi connectivity index (χ0v) is 15.8. The fourth-order valence-corrected chi connectivity index (χ4v) is 3.04. The number of para-hydroxylation sites is 1. The Hall–Kier alpha value is -4.06. The Morgan fingerprint density at radius 2 is 1.60 bits per heavy atom. The van der Waals surface area contributed by atoms with Crippen molar-refractivity contribution < 1.29 is 18.7 Å². The van der Waals surface area contributed by atoms with Gasteiger partial charge in [-0.15, -0.1) is 0 Å². The maximum absolute atomic E-state index is 13.0. The van der Waals surface area contributed by atoms with Gasteiger partial charge in [0.25, 0.3) is 5.91 Å². The van der Waals surface area contributed by atoms with Crippen LogP contribution in [0, 0.1) is 5.82 Å². The van der Waals surface area contributed by atoms with Crippen LogP contribution in [0.4, 0.5) is 10.1 Å². The minimum Gasteiger partial charge on any atom is -0.452 e. The summed E-state index contributed by atoms with van der Waals surface area (Å²) < 4.78 is 18.2. The summed E-state index contributed by atoms with van der Waals surface area (Å²) in [5.41, 5.74) is 2.90. The van der Waals surface area contributed by atoms with Crippen molar-refractivity contribution in [2.24, 2.45) is 0 Å². The lowest BCUT2D eigenvalue weighted by Gasteiger charge is -2.10. The number of amides is 1. The van der Waals surface area contributed by atoms with Gasteiger partial charge in [-0.05, 0) is 36.4 Å². The molecule has 0 unspecified atom stereocenters. The summed E-state index contributed by atoms with van der Waals surface area (Å²) in [4.78, 5) is 29.5. The fraction of sp³-hybridized carbons (Fsp3) is 0.0417. The van der Waals surface area contributed by atoms with E-state index in [1.807, 2.05) is 48.5 Å². The maximum Gasteiger partial charge on any atom is 0.339 e. The minimum atomic E-state index is -0.625. The third-order valence-electron chi connectivity index (χ3n) is 4.47. The van der Waals surface area contributed by atoms with E-state index in [-0.39, 0.29) is 0 Å². The molecular weight excluding hydrogens is 383 g/mol. The highest BCUT2D eigenvalue weighted by molar-refractivity contribution is 6.05. The number of pyridine rings is 1. The largest absolute Gasteiger partial charge is 0.452 e. The Balaban J connectivity index is 1.55. The molecule has 0 aliphatic carbocycles. The summed E-state index contributed by atoms with van der Waals surface area (Å²) in [5.74, 6) is -1.55. The number of nitrogens with zero attached hydrogens (tertiary/aromatic N) is 1. The molecule has 5 nitrogen and oxygen atoms in total. The van der Waals surface area contributed by atoms with E-state index >= 15 is 0 Å². The number of rotatable bonds is 5. The molecular formula is C24H17FN2O3. The van der Waals surface area contributed by atoms with Gasteiger partial charge in [0.05, 0.1) is 16.8 Å². The highest BCUT2D eigenvalue weighted by Gasteiger charge is 2.16. The Bertz CT molecular complexity index is 1210. The van der Waals surface area contributed by atoms with Crippen molar-refractivity contribution in [2.45, 2.75) is 0 Å². The third kappa shape index (κ3) is 4.33. The second-order valence-corrected chi connectivity index (χ2v) is 6.57.